The molecule has 3 heterocycles. The zero-order valence-electron chi connectivity index (χ0n) is 19.6. The molecule has 1 fully saturated rings. The zero-order valence-corrected chi connectivity index (χ0v) is 19.6. The third kappa shape index (κ3) is 3.91. The van der Waals surface area contributed by atoms with E-state index in [0.717, 1.165) is 15.8 Å². The number of anilines is 1. The summed E-state index contributed by atoms with van der Waals surface area (Å²) in [6.45, 7) is 0.357. The Balaban J connectivity index is 1.39. The van der Waals surface area contributed by atoms with Crippen LogP contribution in [0.15, 0.2) is 78.5 Å². The lowest BCUT2D eigenvalue weighted by Crippen LogP contribution is -2.54. The fourth-order valence-electron chi connectivity index (χ4n) is 4.56. The molecular weight excluding hydrogens is 492 g/mol. The van der Waals surface area contributed by atoms with Gasteiger partial charge in [-0.1, -0.05) is 30.3 Å². The van der Waals surface area contributed by atoms with Crippen molar-refractivity contribution in [3.8, 4) is 11.5 Å². The number of ether oxygens (including phenoxy) is 2. The van der Waals surface area contributed by atoms with Crippen LogP contribution in [-0.2, 0) is 16.1 Å². The summed E-state index contributed by atoms with van der Waals surface area (Å²) in [5.74, 6) is -0.725. The number of nitro benzene ring substituents is 1. The van der Waals surface area contributed by atoms with E-state index >= 15 is 0 Å². The van der Waals surface area contributed by atoms with Gasteiger partial charge in [-0.05, 0) is 29.8 Å². The molecule has 0 radical (unpaired) electrons. The maximum Gasteiger partial charge on any atom is 0.335 e. The van der Waals surface area contributed by atoms with Crippen molar-refractivity contribution in [2.45, 2.75) is 6.54 Å². The molecule has 188 valence electrons. The number of nitro groups is 1. The minimum Gasteiger partial charge on any atom is -0.454 e. The van der Waals surface area contributed by atoms with Crippen LogP contribution in [0.1, 0.15) is 11.1 Å². The monoisotopic (exact) mass is 510 g/mol. The number of carbonyl (C=O) groups excluding carboxylic acids is 3. The lowest BCUT2D eigenvalue weighted by Gasteiger charge is -2.26. The first-order valence-electron chi connectivity index (χ1n) is 11.5. The Hall–Kier alpha value is -5.45. The SMILES string of the molecule is O=C1NC(=O)N(c2ccc3c(c2)OCO3)C(=O)/C1=C/c1cn(Cc2cccc([N+](=O)[O-])c2)c2ccccc12. The lowest BCUT2D eigenvalue weighted by atomic mass is 10.1. The van der Waals surface area contributed by atoms with Crippen molar-refractivity contribution in [1.29, 1.82) is 0 Å². The van der Waals surface area contributed by atoms with Gasteiger partial charge in [0.05, 0.1) is 10.6 Å². The molecule has 0 unspecified atom stereocenters. The molecule has 1 aromatic heterocycles. The number of fused-ring (bicyclic) bond motifs is 2. The molecule has 2 aliphatic heterocycles. The number of para-hydroxylation sites is 1. The van der Waals surface area contributed by atoms with Crippen molar-refractivity contribution in [3.63, 3.8) is 0 Å². The third-order valence-electron chi connectivity index (χ3n) is 6.31. The fourth-order valence-corrected chi connectivity index (χ4v) is 4.56. The first kappa shape index (κ1) is 23.0. The summed E-state index contributed by atoms with van der Waals surface area (Å²) in [5, 5.41) is 14.2. The molecule has 6 rings (SSSR count). The van der Waals surface area contributed by atoms with Crippen molar-refractivity contribution >= 4 is 46.2 Å². The number of aromatic nitrogens is 1. The predicted molar refractivity (Wildman–Crippen MR) is 136 cm³/mol. The fraction of sp³-hybridized carbons (Fsp3) is 0.0741. The van der Waals surface area contributed by atoms with E-state index in [4.69, 9.17) is 9.47 Å². The number of nitrogens with one attached hydrogen (secondary N) is 1. The summed E-state index contributed by atoms with van der Waals surface area (Å²) < 4.78 is 12.5. The summed E-state index contributed by atoms with van der Waals surface area (Å²) in [4.78, 5) is 50.4. The van der Waals surface area contributed by atoms with E-state index in [0.29, 0.717) is 29.2 Å². The van der Waals surface area contributed by atoms with Crippen LogP contribution in [0.4, 0.5) is 16.2 Å². The number of urea groups is 1. The number of benzene rings is 3. The summed E-state index contributed by atoms with van der Waals surface area (Å²) in [6, 6.07) is 17.5. The van der Waals surface area contributed by atoms with Crippen molar-refractivity contribution in [1.82, 2.24) is 9.88 Å². The number of hydrogen-bond donors (Lipinski definition) is 1. The molecule has 4 aromatic rings. The Morgan fingerprint density at radius 2 is 1.79 bits per heavy atom. The van der Waals surface area contributed by atoms with Crippen LogP contribution in [0.5, 0.6) is 11.5 Å². The van der Waals surface area contributed by atoms with Crippen LogP contribution in [0.3, 0.4) is 0 Å². The van der Waals surface area contributed by atoms with Gasteiger partial charge in [-0.15, -0.1) is 0 Å². The number of amides is 4. The van der Waals surface area contributed by atoms with Gasteiger partial charge < -0.3 is 14.0 Å². The van der Waals surface area contributed by atoms with Crippen LogP contribution < -0.4 is 19.7 Å². The van der Waals surface area contributed by atoms with Crippen LogP contribution in [0, 0.1) is 10.1 Å². The first-order chi connectivity index (χ1) is 18.4. The number of barbiturate groups is 1. The van der Waals surface area contributed by atoms with Gasteiger partial charge in [0.2, 0.25) is 6.79 Å². The Bertz CT molecular complexity index is 1700. The van der Waals surface area contributed by atoms with E-state index in [2.05, 4.69) is 5.32 Å². The second kappa shape index (κ2) is 8.89. The molecule has 2 aliphatic rings. The maximum atomic E-state index is 13.4. The first-order valence-corrected chi connectivity index (χ1v) is 11.5. The van der Waals surface area contributed by atoms with Gasteiger partial charge in [-0.25, -0.2) is 9.69 Å². The van der Waals surface area contributed by atoms with Crippen molar-refractivity contribution in [2.24, 2.45) is 0 Å². The van der Waals surface area contributed by atoms with Gasteiger partial charge in [0.15, 0.2) is 11.5 Å². The van der Waals surface area contributed by atoms with Gasteiger partial charge in [-0.2, -0.15) is 0 Å². The molecule has 11 heteroatoms. The van der Waals surface area contributed by atoms with E-state index in [-0.39, 0.29) is 23.7 Å². The Morgan fingerprint density at radius 3 is 2.63 bits per heavy atom. The molecule has 0 atom stereocenters. The van der Waals surface area contributed by atoms with E-state index in [1.807, 2.05) is 28.8 Å². The smallest absolute Gasteiger partial charge is 0.335 e. The number of non-ortho nitro benzene ring substituents is 1. The number of hydrogen-bond acceptors (Lipinski definition) is 7. The minimum atomic E-state index is -0.871. The summed E-state index contributed by atoms with van der Waals surface area (Å²) in [5.41, 5.74) is 2.08. The Morgan fingerprint density at radius 1 is 0.974 bits per heavy atom. The quantitative estimate of drug-likeness (QED) is 0.186. The molecule has 4 amide bonds. The molecule has 0 spiro atoms. The van der Waals surface area contributed by atoms with Crippen molar-refractivity contribution in [3.05, 3.63) is 99.7 Å². The summed E-state index contributed by atoms with van der Waals surface area (Å²) in [6.07, 6.45) is 3.20. The molecule has 38 heavy (non-hydrogen) atoms. The van der Waals surface area contributed by atoms with Crippen LogP contribution in [0.25, 0.3) is 17.0 Å². The number of rotatable bonds is 5. The van der Waals surface area contributed by atoms with E-state index in [1.165, 1.54) is 30.3 Å². The third-order valence-corrected chi connectivity index (χ3v) is 6.31. The Kier molecular flexibility index (Phi) is 5.38. The average Bonchev–Trinajstić information content (AvgIpc) is 3.51. The number of carbonyl (C=O) groups is 3. The maximum absolute atomic E-state index is 13.4. The summed E-state index contributed by atoms with van der Waals surface area (Å²) in [7, 11) is 0. The topological polar surface area (TPSA) is 133 Å². The standard InChI is InChI=1S/C27H18N4O7/c32-25-21(26(33)30(27(34)28-25)18-8-9-23-24(12-18)38-15-37-23)11-17-14-29(22-7-2-1-6-20(17)22)13-16-4-3-5-19(10-16)31(35)36/h1-12,14H,13,15H2,(H,28,32,34)/b21-11+. The second-order valence-corrected chi connectivity index (χ2v) is 8.65. The van der Waals surface area contributed by atoms with Gasteiger partial charge in [-0.3, -0.25) is 25.0 Å². The lowest BCUT2D eigenvalue weighted by molar-refractivity contribution is -0.384. The highest BCUT2D eigenvalue weighted by Gasteiger charge is 2.37. The van der Waals surface area contributed by atoms with E-state index in [9.17, 15) is 24.5 Å². The summed E-state index contributed by atoms with van der Waals surface area (Å²) >= 11 is 0. The van der Waals surface area contributed by atoms with Gasteiger partial charge in [0, 0.05) is 47.4 Å². The van der Waals surface area contributed by atoms with Crippen LogP contribution in [-0.4, -0.2) is 34.1 Å². The largest absolute Gasteiger partial charge is 0.454 e. The second-order valence-electron chi connectivity index (χ2n) is 8.65. The number of nitrogens with zero attached hydrogens (tertiary/aromatic N) is 3. The molecule has 1 saturated heterocycles. The van der Waals surface area contributed by atoms with Crippen molar-refractivity contribution in [2.75, 3.05) is 11.7 Å². The molecular formula is C27H18N4O7. The van der Waals surface area contributed by atoms with E-state index in [1.54, 1.807) is 24.4 Å². The Labute approximate surface area is 214 Å². The zero-order chi connectivity index (χ0) is 26.4. The molecule has 0 bridgehead atoms. The highest BCUT2D eigenvalue weighted by molar-refractivity contribution is 6.39. The average molecular weight is 510 g/mol. The minimum absolute atomic E-state index is 0.0148. The van der Waals surface area contributed by atoms with Crippen LogP contribution in [0.2, 0.25) is 0 Å². The highest BCUT2D eigenvalue weighted by Crippen LogP contribution is 2.36. The highest BCUT2D eigenvalue weighted by atomic mass is 16.7. The predicted octanol–water partition coefficient (Wildman–Crippen LogP) is 3.99. The van der Waals surface area contributed by atoms with Gasteiger partial charge in [0.25, 0.3) is 17.5 Å². The molecule has 3 aromatic carbocycles. The molecule has 0 saturated carbocycles. The van der Waals surface area contributed by atoms with E-state index < -0.39 is 22.8 Å². The van der Waals surface area contributed by atoms with Crippen LogP contribution >= 0.6 is 0 Å². The number of imide groups is 2. The van der Waals surface area contributed by atoms with Crippen molar-refractivity contribution < 1.29 is 28.8 Å². The molecule has 11 nitrogen and oxygen atoms in total. The van der Waals surface area contributed by atoms with Gasteiger partial charge in [0.1, 0.15) is 5.57 Å². The van der Waals surface area contributed by atoms with Gasteiger partial charge >= 0.3 is 6.03 Å². The molecule has 1 N–H and O–H groups in total. The normalized spacial score (nSPS) is 15.8. The molecule has 0 aliphatic carbocycles.